The van der Waals surface area contributed by atoms with E-state index in [0.717, 1.165) is 16.8 Å². The van der Waals surface area contributed by atoms with Crippen molar-refractivity contribution in [3.05, 3.63) is 95.8 Å². The van der Waals surface area contributed by atoms with Gasteiger partial charge in [-0.2, -0.15) is 9.90 Å². The van der Waals surface area contributed by atoms with Crippen molar-refractivity contribution in [2.24, 2.45) is 0 Å². The van der Waals surface area contributed by atoms with Gasteiger partial charge in [0.25, 0.3) is 5.91 Å². The highest BCUT2D eigenvalue weighted by atomic mass is 16.2. The molecule has 0 unspecified atom stereocenters. The van der Waals surface area contributed by atoms with Crippen molar-refractivity contribution >= 4 is 5.91 Å². The highest BCUT2D eigenvalue weighted by Gasteiger charge is 2.16. The summed E-state index contributed by atoms with van der Waals surface area (Å²) < 4.78 is 2.00. The van der Waals surface area contributed by atoms with Gasteiger partial charge in [-0.05, 0) is 30.2 Å². The number of rotatable bonds is 6. The Kier molecular flexibility index (Phi) is 4.97. The maximum atomic E-state index is 12.7. The second kappa shape index (κ2) is 7.87. The number of amides is 1. The van der Waals surface area contributed by atoms with Gasteiger partial charge in [0.05, 0.1) is 17.7 Å². The van der Waals surface area contributed by atoms with Gasteiger partial charge in [-0.15, -0.1) is 5.10 Å². The molecule has 4 rings (SSSR count). The molecule has 140 valence electrons. The van der Waals surface area contributed by atoms with Crippen LogP contribution >= 0.6 is 0 Å². The summed E-state index contributed by atoms with van der Waals surface area (Å²) in [5.41, 5.74) is 3.92. The van der Waals surface area contributed by atoms with Gasteiger partial charge in [0.2, 0.25) is 0 Å². The van der Waals surface area contributed by atoms with Crippen molar-refractivity contribution in [1.82, 2.24) is 29.9 Å². The number of para-hydroxylation sites is 1. The van der Waals surface area contributed by atoms with Crippen LogP contribution in [0.3, 0.4) is 0 Å². The van der Waals surface area contributed by atoms with Crippen LogP contribution in [0.5, 0.6) is 0 Å². The summed E-state index contributed by atoms with van der Waals surface area (Å²) in [5, 5.41) is 11.7. The van der Waals surface area contributed by atoms with Gasteiger partial charge in [-0.1, -0.05) is 42.5 Å². The van der Waals surface area contributed by atoms with Crippen molar-refractivity contribution < 1.29 is 4.79 Å². The van der Waals surface area contributed by atoms with Crippen LogP contribution in [0.25, 0.3) is 5.69 Å². The van der Waals surface area contributed by atoms with Crippen LogP contribution in [0, 0.1) is 6.92 Å². The van der Waals surface area contributed by atoms with Crippen molar-refractivity contribution in [3.63, 3.8) is 0 Å². The molecule has 7 heteroatoms. The summed E-state index contributed by atoms with van der Waals surface area (Å²) in [4.78, 5) is 18.2. The quantitative estimate of drug-likeness (QED) is 0.565. The smallest absolute Gasteiger partial charge is 0.274 e. The van der Waals surface area contributed by atoms with Gasteiger partial charge < -0.3 is 9.88 Å². The molecule has 0 aliphatic carbocycles. The maximum absolute atomic E-state index is 12.7. The van der Waals surface area contributed by atoms with E-state index in [1.165, 1.54) is 4.80 Å². The van der Waals surface area contributed by atoms with Crippen LogP contribution < -0.4 is 5.32 Å². The second-order valence-electron chi connectivity index (χ2n) is 6.45. The summed E-state index contributed by atoms with van der Waals surface area (Å²) in [6.45, 7) is 2.91. The monoisotopic (exact) mass is 372 g/mol. The summed E-state index contributed by atoms with van der Waals surface area (Å²) in [6.07, 6.45) is 5.45. The Hall–Kier alpha value is -3.74. The van der Waals surface area contributed by atoms with Crippen molar-refractivity contribution in [3.8, 4) is 5.69 Å². The standard InChI is InChI=1S/C21H20N6O/c1-16-20(25-27(24-16)19-9-3-2-4-10-19)21(28)23-13-17-7-5-6-8-18(17)14-26-12-11-22-15-26/h2-12,15H,13-14H2,1H3,(H,23,28). The number of carbonyl (C=O) groups excluding carboxylic acids is 1. The third-order valence-corrected chi connectivity index (χ3v) is 4.45. The number of nitrogens with zero attached hydrogens (tertiary/aromatic N) is 5. The lowest BCUT2D eigenvalue weighted by molar-refractivity contribution is 0.0945. The van der Waals surface area contributed by atoms with E-state index in [1.807, 2.05) is 59.3 Å². The van der Waals surface area contributed by atoms with E-state index in [0.29, 0.717) is 24.5 Å². The van der Waals surface area contributed by atoms with E-state index in [4.69, 9.17) is 0 Å². The molecule has 2 heterocycles. The molecule has 0 fully saturated rings. The van der Waals surface area contributed by atoms with Crippen LogP contribution in [0.1, 0.15) is 27.3 Å². The third-order valence-electron chi connectivity index (χ3n) is 4.45. The van der Waals surface area contributed by atoms with E-state index in [-0.39, 0.29) is 5.91 Å². The summed E-state index contributed by atoms with van der Waals surface area (Å²) in [6, 6.07) is 17.6. The first kappa shape index (κ1) is 17.7. The summed E-state index contributed by atoms with van der Waals surface area (Å²) >= 11 is 0. The molecule has 7 nitrogen and oxygen atoms in total. The van der Waals surface area contributed by atoms with Crippen molar-refractivity contribution in [2.45, 2.75) is 20.0 Å². The molecule has 0 bridgehead atoms. The summed E-state index contributed by atoms with van der Waals surface area (Å²) in [7, 11) is 0. The zero-order valence-electron chi connectivity index (χ0n) is 15.5. The molecule has 0 aliphatic heterocycles. The largest absolute Gasteiger partial charge is 0.346 e. The van der Waals surface area contributed by atoms with Crippen molar-refractivity contribution in [1.29, 1.82) is 0 Å². The van der Waals surface area contributed by atoms with Crippen molar-refractivity contribution in [2.75, 3.05) is 0 Å². The molecular weight excluding hydrogens is 352 g/mol. The lowest BCUT2D eigenvalue weighted by atomic mass is 10.1. The molecule has 0 radical (unpaired) electrons. The Morgan fingerprint density at radius 1 is 1.00 bits per heavy atom. The number of benzene rings is 2. The van der Waals surface area contributed by atoms with E-state index in [1.54, 1.807) is 19.4 Å². The first-order chi connectivity index (χ1) is 13.7. The minimum absolute atomic E-state index is 0.239. The van der Waals surface area contributed by atoms with Gasteiger partial charge in [-0.25, -0.2) is 4.98 Å². The van der Waals surface area contributed by atoms with Crippen LogP contribution in [0.2, 0.25) is 0 Å². The highest BCUT2D eigenvalue weighted by molar-refractivity contribution is 5.93. The Bertz CT molecular complexity index is 1070. The zero-order chi connectivity index (χ0) is 19.3. The number of carbonyl (C=O) groups is 1. The molecule has 2 aromatic carbocycles. The SMILES string of the molecule is Cc1nn(-c2ccccc2)nc1C(=O)NCc1ccccc1Cn1ccnc1. The van der Waals surface area contributed by atoms with Gasteiger partial charge in [-0.3, -0.25) is 4.79 Å². The summed E-state index contributed by atoms with van der Waals surface area (Å²) in [5.74, 6) is -0.239. The predicted octanol–water partition coefficient (Wildman–Crippen LogP) is 2.75. The fourth-order valence-electron chi connectivity index (χ4n) is 2.99. The average molecular weight is 372 g/mol. The number of hydrogen-bond donors (Lipinski definition) is 1. The molecule has 4 aromatic rings. The normalized spacial score (nSPS) is 10.8. The number of hydrogen-bond acceptors (Lipinski definition) is 4. The number of imidazole rings is 1. The molecule has 0 aliphatic rings. The Balaban J connectivity index is 1.48. The fourth-order valence-corrected chi connectivity index (χ4v) is 2.99. The van der Waals surface area contributed by atoms with Gasteiger partial charge in [0.15, 0.2) is 5.69 Å². The topological polar surface area (TPSA) is 77.6 Å². The number of nitrogens with one attached hydrogen (secondary N) is 1. The number of aryl methyl sites for hydroxylation is 1. The maximum Gasteiger partial charge on any atom is 0.274 e. The van der Waals surface area contributed by atoms with Crippen LogP contribution in [-0.4, -0.2) is 30.5 Å². The minimum atomic E-state index is -0.239. The molecule has 0 atom stereocenters. The van der Waals surface area contributed by atoms with Crippen LogP contribution in [-0.2, 0) is 13.1 Å². The average Bonchev–Trinajstić information content (AvgIpc) is 3.37. The molecule has 28 heavy (non-hydrogen) atoms. The fraction of sp³-hybridized carbons (Fsp3) is 0.143. The first-order valence-corrected chi connectivity index (χ1v) is 9.01. The lowest BCUT2D eigenvalue weighted by Gasteiger charge is -2.11. The molecule has 0 saturated carbocycles. The van der Waals surface area contributed by atoms with Crippen LogP contribution in [0.4, 0.5) is 0 Å². The van der Waals surface area contributed by atoms with Crippen LogP contribution in [0.15, 0.2) is 73.3 Å². The molecule has 1 N–H and O–H groups in total. The van der Waals surface area contributed by atoms with E-state index >= 15 is 0 Å². The Morgan fingerprint density at radius 3 is 2.50 bits per heavy atom. The van der Waals surface area contributed by atoms with Gasteiger partial charge >= 0.3 is 0 Å². The highest BCUT2D eigenvalue weighted by Crippen LogP contribution is 2.12. The molecule has 0 saturated heterocycles. The lowest BCUT2D eigenvalue weighted by Crippen LogP contribution is -2.25. The Labute approximate surface area is 162 Å². The molecule has 1 amide bonds. The van der Waals surface area contributed by atoms with Gasteiger partial charge in [0, 0.05) is 25.5 Å². The minimum Gasteiger partial charge on any atom is -0.346 e. The van der Waals surface area contributed by atoms with E-state index in [2.05, 4.69) is 26.6 Å². The molecular formula is C21H20N6O. The Morgan fingerprint density at radius 2 is 1.75 bits per heavy atom. The van der Waals surface area contributed by atoms with E-state index < -0.39 is 0 Å². The molecule has 2 aromatic heterocycles. The first-order valence-electron chi connectivity index (χ1n) is 9.01. The predicted molar refractivity (Wildman–Crippen MR) is 105 cm³/mol. The molecule has 0 spiro atoms. The zero-order valence-corrected chi connectivity index (χ0v) is 15.5. The van der Waals surface area contributed by atoms with E-state index in [9.17, 15) is 4.79 Å². The third kappa shape index (κ3) is 3.83. The van der Waals surface area contributed by atoms with Gasteiger partial charge in [0.1, 0.15) is 0 Å². The second-order valence-corrected chi connectivity index (χ2v) is 6.45. The number of aromatic nitrogens is 5.